The summed E-state index contributed by atoms with van der Waals surface area (Å²) in [6.07, 6.45) is 5.38. The minimum atomic E-state index is -0.293. The molecule has 3 N–H and O–H groups in total. The molecule has 138 valence electrons. The van der Waals surface area contributed by atoms with E-state index in [1.165, 1.54) is 17.7 Å². The van der Waals surface area contributed by atoms with E-state index < -0.39 is 0 Å². The lowest BCUT2D eigenvalue weighted by atomic mass is 9.93. The van der Waals surface area contributed by atoms with E-state index in [1.807, 2.05) is 0 Å². The number of benzene rings is 2. The monoisotopic (exact) mass is 371 g/mol. The fourth-order valence-corrected chi connectivity index (χ4v) is 3.77. The third-order valence-corrected chi connectivity index (χ3v) is 5.10. The van der Waals surface area contributed by atoms with Crippen LogP contribution in [0.15, 0.2) is 54.9 Å². The second-order valence-electron chi connectivity index (χ2n) is 6.88. The van der Waals surface area contributed by atoms with Crippen LogP contribution in [0.5, 0.6) is 0 Å². The highest BCUT2D eigenvalue weighted by molar-refractivity contribution is 6.02. The summed E-state index contributed by atoms with van der Waals surface area (Å²) in [4.78, 5) is 13.6. The SMILES string of the molecule is Nc1nc(-c2ccc(F)cc2)c(-c2ccc3c(c2)CCCN3)c2nccnc12. The molecule has 2 aromatic carbocycles. The van der Waals surface area contributed by atoms with Crippen molar-refractivity contribution in [2.45, 2.75) is 12.8 Å². The highest BCUT2D eigenvalue weighted by atomic mass is 19.1. The molecule has 2 aromatic heterocycles. The molecular formula is C22H18FN5. The number of halogens is 1. The van der Waals surface area contributed by atoms with Crippen LogP contribution in [0.3, 0.4) is 0 Å². The highest BCUT2D eigenvalue weighted by Gasteiger charge is 2.19. The van der Waals surface area contributed by atoms with Crippen LogP contribution in [0, 0.1) is 5.82 Å². The maximum absolute atomic E-state index is 13.5. The molecule has 5 nitrogen and oxygen atoms in total. The first-order valence-corrected chi connectivity index (χ1v) is 9.24. The zero-order chi connectivity index (χ0) is 19.1. The Kier molecular flexibility index (Phi) is 3.90. The number of aryl methyl sites for hydroxylation is 1. The van der Waals surface area contributed by atoms with Crippen molar-refractivity contribution in [1.82, 2.24) is 15.0 Å². The topological polar surface area (TPSA) is 76.7 Å². The Morgan fingerprint density at radius 2 is 1.68 bits per heavy atom. The van der Waals surface area contributed by atoms with Gasteiger partial charge in [0.25, 0.3) is 0 Å². The molecule has 0 saturated carbocycles. The predicted molar refractivity (Wildman–Crippen MR) is 109 cm³/mol. The van der Waals surface area contributed by atoms with E-state index in [2.05, 4.69) is 38.5 Å². The second kappa shape index (κ2) is 6.56. The van der Waals surface area contributed by atoms with Crippen molar-refractivity contribution in [3.05, 3.63) is 66.2 Å². The lowest BCUT2D eigenvalue weighted by Crippen LogP contribution is -2.11. The molecule has 0 atom stereocenters. The number of nitrogens with zero attached hydrogens (tertiary/aromatic N) is 3. The molecule has 0 spiro atoms. The van der Waals surface area contributed by atoms with Gasteiger partial charge in [0.2, 0.25) is 0 Å². The zero-order valence-corrected chi connectivity index (χ0v) is 15.1. The van der Waals surface area contributed by atoms with Gasteiger partial charge in [0, 0.05) is 35.8 Å². The van der Waals surface area contributed by atoms with Crippen molar-refractivity contribution >= 4 is 22.5 Å². The molecule has 0 bridgehead atoms. The molecule has 1 aliphatic rings. The first kappa shape index (κ1) is 16.6. The van der Waals surface area contributed by atoms with Crippen LogP contribution >= 0.6 is 0 Å². The van der Waals surface area contributed by atoms with E-state index in [-0.39, 0.29) is 5.82 Å². The van der Waals surface area contributed by atoms with Gasteiger partial charge in [-0.2, -0.15) is 0 Å². The van der Waals surface area contributed by atoms with E-state index in [0.29, 0.717) is 22.5 Å². The number of fused-ring (bicyclic) bond motifs is 2. The molecule has 6 heteroatoms. The highest BCUT2D eigenvalue weighted by Crippen LogP contribution is 2.39. The number of nitrogen functional groups attached to an aromatic ring is 1. The van der Waals surface area contributed by atoms with E-state index in [1.54, 1.807) is 24.5 Å². The van der Waals surface area contributed by atoms with Gasteiger partial charge < -0.3 is 11.1 Å². The molecule has 0 saturated heterocycles. The van der Waals surface area contributed by atoms with Crippen LogP contribution in [-0.2, 0) is 6.42 Å². The minimum absolute atomic E-state index is 0.293. The van der Waals surface area contributed by atoms with Crippen LogP contribution in [-0.4, -0.2) is 21.5 Å². The number of aromatic nitrogens is 3. The molecule has 28 heavy (non-hydrogen) atoms. The summed E-state index contributed by atoms with van der Waals surface area (Å²) >= 11 is 0. The molecule has 0 unspecified atom stereocenters. The van der Waals surface area contributed by atoms with Gasteiger partial charge in [0.15, 0.2) is 5.82 Å². The Morgan fingerprint density at radius 1 is 0.929 bits per heavy atom. The Balaban J connectivity index is 1.82. The Hall–Kier alpha value is -3.54. The van der Waals surface area contributed by atoms with Crippen LogP contribution in [0.25, 0.3) is 33.4 Å². The number of hydrogen-bond acceptors (Lipinski definition) is 5. The fraction of sp³-hybridized carbons (Fsp3) is 0.136. The maximum atomic E-state index is 13.5. The molecule has 0 amide bonds. The van der Waals surface area contributed by atoms with E-state index in [9.17, 15) is 4.39 Å². The largest absolute Gasteiger partial charge is 0.385 e. The van der Waals surface area contributed by atoms with Gasteiger partial charge in [-0.3, -0.25) is 4.98 Å². The number of pyridine rings is 1. The number of nitrogens with one attached hydrogen (secondary N) is 1. The minimum Gasteiger partial charge on any atom is -0.385 e. The summed E-state index contributed by atoms with van der Waals surface area (Å²) in [6, 6.07) is 12.6. The van der Waals surface area contributed by atoms with Crippen molar-refractivity contribution in [3.63, 3.8) is 0 Å². The van der Waals surface area contributed by atoms with Crippen molar-refractivity contribution in [2.75, 3.05) is 17.6 Å². The van der Waals surface area contributed by atoms with Crippen LogP contribution in [0.4, 0.5) is 15.9 Å². The molecule has 1 aliphatic heterocycles. The van der Waals surface area contributed by atoms with Gasteiger partial charge in [0.05, 0.1) is 5.69 Å². The third-order valence-electron chi connectivity index (χ3n) is 5.10. The summed E-state index contributed by atoms with van der Waals surface area (Å²) in [7, 11) is 0. The molecule has 0 fully saturated rings. The smallest absolute Gasteiger partial charge is 0.152 e. The number of rotatable bonds is 2. The lowest BCUT2D eigenvalue weighted by Gasteiger charge is -2.20. The average molecular weight is 371 g/mol. The van der Waals surface area contributed by atoms with Crippen LogP contribution in [0.1, 0.15) is 12.0 Å². The van der Waals surface area contributed by atoms with Crippen LogP contribution in [0.2, 0.25) is 0 Å². The van der Waals surface area contributed by atoms with E-state index in [4.69, 9.17) is 5.73 Å². The molecule has 4 aromatic rings. The van der Waals surface area contributed by atoms with Gasteiger partial charge in [-0.05, 0) is 60.4 Å². The molecule has 5 rings (SSSR count). The van der Waals surface area contributed by atoms with Crippen molar-refractivity contribution in [1.29, 1.82) is 0 Å². The van der Waals surface area contributed by atoms with Crippen molar-refractivity contribution in [2.24, 2.45) is 0 Å². The normalized spacial score (nSPS) is 13.2. The molecule has 0 radical (unpaired) electrons. The van der Waals surface area contributed by atoms with E-state index in [0.717, 1.165) is 41.8 Å². The third kappa shape index (κ3) is 2.74. The van der Waals surface area contributed by atoms with Gasteiger partial charge in [-0.15, -0.1) is 0 Å². The summed E-state index contributed by atoms with van der Waals surface area (Å²) in [6.45, 7) is 0.991. The number of anilines is 2. The summed E-state index contributed by atoms with van der Waals surface area (Å²) in [5.41, 5.74) is 13.2. The van der Waals surface area contributed by atoms with E-state index >= 15 is 0 Å². The van der Waals surface area contributed by atoms with Gasteiger partial charge in [0.1, 0.15) is 16.9 Å². The van der Waals surface area contributed by atoms with Gasteiger partial charge in [-0.25, -0.2) is 14.4 Å². The number of nitrogens with two attached hydrogens (primary N) is 1. The Morgan fingerprint density at radius 3 is 2.50 bits per heavy atom. The van der Waals surface area contributed by atoms with Gasteiger partial charge in [-0.1, -0.05) is 6.07 Å². The van der Waals surface area contributed by atoms with Crippen LogP contribution < -0.4 is 11.1 Å². The van der Waals surface area contributed by atoms with Crippen molar-refractivity contribution in [3.8, 4) is 22.4 Å². The summed E-state index contributed by atoms with van der Waals surface area (Å²) in [5.74, 6) is 0.0181. The fourth-order valence-electron chi connectivity index (χ4n) is 3.77. The number of hydrogen-bond donors (Lipinski definition) is 2. The second-order valence-corrected chi connectivity index (χ2v) is 6.88. The quantitative estimate of drug-likeness (QED) is 0.545. The predicted octanol–water partition coefficient (Wildman–Crippen LogP) is 4.44. The molecule has 0 aliphatic carbocycles. The van der Waals surface area contributed by atoms with Gasteiger partial charge >= 0.3 is 0 Å². The summed E-state index contributed by atoms with van der Waals surface area (Å²) in [5, 5.41) is 3.43. The zero-order valence-electron chi connectivity index (χ0n) is 15.1. The summed E-state index contributed by atoms with van der Waals surface area (Å²) < 4.78 is 13.5. The maximum Gasteiger partial charge on any atom is 0.152 e. The Labute approximate surface area is 161 Å². The average Bonchev–Trinajstić information content (AvgIpc) is 2.74. The standard InChI is InChI=1S/C22H18FN5/c23-16-6-3-13(4-7-16)19-18(20-21(22(24)28-19)27-11-10-26-20)15-5-8-17-14(12-15)2-1-9-25-17/h3-8,10-12,25H,1-2,9H2,(H2,24,28). The molecule has 3 heterocycles. The first-order chi connectivity index (χ1) is 13.7. The first-order valence-electron chi connectivity index (χ1n) is 9.24. The molecular weight excluding hydrogens is 353 g/mol. The van der Waals surface area contributed by atoms with Crippen molar-refractivity contribution < 1.29 is 4.39 Å². The lowest BCUT2D eigenvalue weighted by molar-refractivity contribution is 0.628. The Bertz CT molecular complexity index is 1190.